The van der Waals surface area contributed by atoms with Crippen molar-refractivity contribution in [1.29, 1.82) is 0 Å². The van der Waals surface area contributed by atoms with Crippen LogP contribution in [0.5, 0.6) is 0 Å². The molecule has 1 nitrogen and oxygen atoms in total. The predicted octanol–water partition coefficient (Wildman–Crippen LogP) is 5.04. The van der Waals surface area contributed by atoms with Gasteiger partial charge in [-0.25, -0.2) is 0 Å². The molecule has 3 rings (SSSR count). The minimum Gasteiger partial charge on any atom is -0.384 e. The van der Waals surface area contributed by atoms with Gasteiger partial charge < -0.3 is 4.74 Å². The summed E-state index contributed by atoms with van der Waals surface area (Å²) >= 11 is 3.96. The lowest BCUT2D eigenvalue weighted by Gasteiger charge is -2.23. The minimum absolute atomic E-state index is 0.287. The van der Waals surface area contributed by atoms with Crippen molar-refractivity contribution in [2.24, 2.45) is 0 Å². The van der Waals surface area contributed by atoms with Gasteiger partial charge in [0.05, 0.1) is 6.61 Å². The van der Waals surface area contributed by atoms with Crippen LogP contribution in [0.25, 0.3) is 0 Å². The van der Waals surface area contributed by atoms with Crippen molar-refractivity contribution < 1.29 is 4.74 Å². The second-order valence-electron chi connectivity index (χ2n) is 5.87. The maximum absolute atomic E-state index is 5.14. The van der Waals surface area contributed by atoms with Crippen LogP contribution >= 0.6 is 15.9 Å². The highest BCUT2D eigenvalue weighted by Gasteiger charge is 2.50. The number of rotatable bonds is 6. The van der Waals surface area contributed by atoms with E-state index < -0.39 is 0 Å². The maximum atomic E-state index is 5.14. The molecule has 2 aromatic rings. The lowest BCUT2D eigenvalue weighted by atomic mass is 9.88. The summed E-state index contributed by atoms with van der Waals surface area (Å²) in [5, 5.41) is 0. The van der Waals surface area contributed by atoms with E-state index >= 15 is 0 Å². The fourth-order valence-electron chi connectivity index (χ4n) is 2.99. The van der Waals surface area contributed by atoms with E-state index in [1.165, 1.54) is 29.5 Å². The van der Waals surface area contributed by atoms with Crippen molar-refractivity contribution in [3.8, 4) is 0 Å². The summed E-state index contributed by atoms with van der Waals surface area (Å²) in [6.45, 7) is 0.783. The highest BCUT2D eigenvalue weighted by molar-refractivity contribution is 9.09. The third-order valence-corrected chi connectivity index (χ3v) is 5.89. The lowest BCUT2D eigenvalue weighted by molar-refractivity contribution is 0.202. The van der Waals surface area contributed by atoms with Crippen LogP contribution in [0.15, 0.2) is 54.6 Å². The zero-order valence-corrected chi connectivity index (χ0v) is 14.0. The normalized spacial score (nSPS) is 17.4. The Hall–Kier alpha value is -1.12. The van der Waals surface area contributed by atoms with Gasteiger partial charge in [-0.15, -0.1) is 0 Å². The molecule has 2 heteroatoms. The molecular formula is C19H21BrO. The molecule has 0 heterocycles. The largest absolute Gasteiger partial charge is 0.384 e. The molecule has 0 spiro atoms. The fourth-order valence-corrected chi connectivity index (χ4v) is 4.01. The molecule has 1 aliphatic rings. The Labute approximate surface area is 135 Å². The zero-order valence-electron chi connectivity index (χ0n) is 12.4. The highest BCUT2D eigenvalue weighted by atomic mass is 79.9. The lowest BCUT2D eigenvalue weighted by Crippen LogP contribution is -2.13. The summed E-state index contributed by atoms with van der Waals surface area (Å²) in [6.07, 6.45) is 3.50. The van der Waals surface area contributed by atoms with E-state index in [1.807, 2.05) is 0 Å². The quantitative estimate of drug-likeness (QED) is 0.666. The van der Waals surface area contributed by atoms with Crippen molar-refractivity contribution in [1.82, 2.24) is 0 Å². The molecule has 110 valence electrons. The standard InChI is InChI=1S/C19H21BrO/c1-21-14-11-15-7-9-16(10-8-15)18(20)19(12-13-19)17-5-3-2-4-6-17/h2-10,18H,11-14H2,1H3. The number of hydrogen-bond donors (Lipinski definition) is 0. The Morgan fingerprint density at radius 1 is 1.05 bits per heavy atom. The van der Waals surface area contributed by atoms with Crippen LogP contribution in [-0.4, -0.2) is 13.7 Å². The number of ether oxygens (including phenoxy) is 1. The van der Waals surface area contributed by atoms with Crippen LogP contribution in [0.3, 0.4) is 0 Å². The molecule has 0 saturated heterocycles. The van der Waals surface area contributed by atoms with Gasteiger partial charge in [-0.1, -0.05) is 70.5 Å². The van der Waals surface area contributed by atoms with Gasteiger partial charge in [0.2, 0.25) is 0 Å². The maximum Gasteiger partial charge on any atom is 0.0502 e. The van der Waals surface area contributed by atoms with Crippen molar-refractivity contribution in [3.63, 3.8) is 0 Å². The predicted molar refractivity (Wildman–Crippen MR) is 91.0 cm³/mol. The summed E-state index contributed by atoms with van der Waals surface area (Å²) in [7, 11) is 1.75. The van der Waals surface area contributed by atoms with E-state index in [1.54, 1.807) is 7.11 Å². The number of alkyl halides is 1. The van der Waals surface area contributed by atoms with Crippen LogP contribution < -0.4 is 0 Å². The van der Waals surface area contributed by atoms with Gasteiger partial charge in [0.1, 0.15) is 0 Å². The smallest absolute Gasteiger partial charge is 0.0502 e. The molecule has 2 aromatic carbocycles. The Bertz CT molecular complexity index is 572. The van der Waals surface area contributed by atoms with E-state index in [-0.39, 0.29) is 5.41 Å². The molecule has 21 heavy (non-hydrogen) atoms. The first-order valence-corrected chi connectivity index (χ1v) is 8.45. The highest BCUT2D eigenvalue weighted by Crippen LogP contribution is 2.59. The number of methoxy groups -OCH3 is 1. The monoisotopic (exact) mass is 344 g/mol. The average Bonchev–Trinajstić information content (AvgIpc) is 3.35. The summed E-state index contributed by atoms with van der Waals surface area (Å²) in [5.74, 6) is 0. The summed E-state index contributed by atoms with van der Waals surface area (Å²) < 4.78 is 5.14. The molecule has 0 N–H and O–H groups in total. The van der Waals surface area contributed by atoms with Gasteiger partial charge in [0.15, 0.2) is 0 Å². The van der Waals surface area contributed by atoms with E-state index in [0.29, 0.717) is 4.83 Å². The molecule has 1 fully saturated rings. The third kappa shape index (κ3) is 3.07. The van der Waals surface area contributed by atoms with Crippen molar-refractivity contribution in [2.75, 3.05) is 13.7 Å². The SMILES string of the molecule is COCCc1ccc(C(Br)C2(c3ccccc3)CC2)cc1. The first-order chi connectivity index (χ1) is 10.3. The number of benzene rings is 2. The van der Waals surface area contributed by atoms with Gasteiger partial charge in [0.25, 0.3) is 0 Å². The molecule has 0 aliphatic heterocycles. The average molecular weight is 345 g/mol. The van der Waals surface area contributed by atoms with Gasteiger partial charge in [-0.3, -0.25) is 0 Å². The van der Waals surface area contributed by atoms with Crippen LogP contribution in [0.4, 0.5) is 0 Å². The Balaban J connectivity index is 1.77. The second-order valence-corrected chi connectivity index (χ2v) is 6.78. The molecule has 1 unspecified atom stereocenters. The molecular weight excluding hydrogens is 324 g/mol. The third-order valence-electron chi connectivity index (χ3n) is 4.49. The summed E-state index contributed by atoms with van der Waals surface area (Å²) in [5.41, 5.74) is 4.45. The van der Waals surface area contributed by atoms with Crippen LogP contribution in [0.1, 0.15) is 34.4 Å². The molecule has 0 bridgehead atoms. The van der Waals surface area contributed by atoms with E-state index in [4.69, 9.17) is 4.74 Å². The Morgan fingerprint density at radius 2 is 1.71 bits per heavy atom. The van der Waals surface area contributed by atoms with Gasteiger partial charge in [-0.2, -0.15) is 0 Å². The van der Waals surface area contributed by atoms with E-state index in [0.717, 1.165) is 13.0 Å². The van der Waals surface area contributed by atoms with Crippen LogP contribution in [-0.2, 0) is 16.6 Å². The topological polar surface area (TPSA) is 9.23 Å². The second kappa shape index (κ2) is 6.33. The summed E-state index contributed by atoms with van der Waals surface area (Å²) in [6, 6.07) is 19.9. The van der Waals surface area contributed by atoms with Gasteiger partial charge >= 0.3 is 0 Å². The van der Waals surface area contributed by atoms with E-state index in [2.05, 4.69) is 70.5 Å². The van der Waals surface area contributed by atoms with Crippen LogP contribution in [0, 0.1) is 0 Å². The van der Waals surface area contributed by atoms with E-state index in [9.17, 15) is 0 Å². The zero-order chi connectivity index (χ0) is 14.7. The van der Waals surface area contributed by atoms with Crippen molar-refractivity contribution in [2.45, 2.75) is 29.5 Å². The summed E-state index contributed by atoms with van der Waals surface area (Å²) in [4.78, 5) is 0.392. The van der Waals surface area contributed by atoms with Gasteiger partial charge in [-0.05, 0) is 36.0 Å². The Kier molecular flexibility index (Phi) is 4.46. The molecule has 0 amide bonds. The first kappa shape index (κ1) is 14.8. The number of hydrogen-bond acceptors (Lipinski definition) is 1. The molecule has 1 saturated carbocycles. The molecule has 0 radical (unpaired) electrons. The molecule has 0 aromatic heterocycles. The van der Waals surface area contributed by atoms with Crippen molar-refractivity contribution >= 4 is 15.9 Å². The minimum atomic E-state index is 0.287. The van der Waals surface area contributed by atoms with Gasteiger partial charge in [0, 0.05) is 17.4 Å². The number of halogens is 1. The fraction of sp³-hybridized carbons (Fsp3) is 0.368. The van der Waals surface area contributed by atoms with Crippen LogP contribution in [0.2, 0.25) is 0 Å². The van der Waals surface area contributed by atoms with Crippen molar-refractivity contribution in [3.05, 3.63) is 71.3 Å². The molecule has 1 aliphatic carbocycles. The molecule has 1 atom stereocenters. The Morgan fingerprint density at radius 3 is 2.29 bits per heavy atom. The first-order valence-electron chi connectivity index (χ1n) is 7.54.